The number of ether oxygens (including phenoxy) is 1. The van der Waals surface area contributed by atoms with E-state index in [1.54, 1.807) is 6.07 Å². The Morgan fingerprint density at radius 1 is 1.56 bits per heavy atom. The van der Waals surface area contributed by atoms with Crippen LogP contribution in [0.15, 0.2) is 18.2 Å². The van der Waals surface area contributed by atoms with Gasteiger partial charge in [0.1, 0.15) is 11.6 Å². The summed E-state index contributed by atoms with van der Waals surface area (Å²) in [6.07, 6.45) is 0.726. The van der Waals surface area contributed by atoms with E-state index in [1.165, 1.54) is 12.1 Å². The van der Waals surface area contributed by atoms with E-state index in [2.05, 4.69) is 10.6 Å². The molecule has 0 saturated carbocycles. The first kappa shape index (κ1) is 9.84. The first-order valence-electron chi connectivity index (χ1n) is 5.13. The van der Waals surface area contributed by atoms with Crippen molar-refractivity contribution in [2.45, 2.75) is 25.1 Å². The molecule has 2 aliphatic rings. The Hall–Kier alpha value is -1.36. The molecule has 2 aliphatic heterocycles. The average Bonchev–Trinajstić information content (AvgIpc) is 2.17. The third kappa shape index (κ3) is 1.43. The number of thiocarbonyl (C=S) groups is 1. The molecule has 1 aromatic carbocycles. The zero-order chi connectivity index (χ0) is 11.3. The van der Waals surface area contributed by atoms with Gasteiger partial charge in [-0.3, -0.25) is 0 Å². The van der Waals surface area contributed by atoms with E-state index in [1.807, 2.05) is 6.92 Å². The van der Waals surface area contributed by atoms with Crippen molar-refractivity contribution in [1.82, 2.24) is 10.6 Å². The molecule has 1 fully saturated rings. The number of hydrogen-bond donors (Lipinski definition) is 2. The maximum atomic E-state index is 13.2. The number of hydrogen-bond acceptors (Lipinski definition) is 2. The van der Waals surface area contributed by atoms with Crippen molar-refractivity contribution >= 4 is 17.3 Å². The van der Waals surface area contributed by atoms with Gasteiger partial charge >= 0.3 is 0 Å². The molecule has 1 saturated heterocycles. The van der Waals surface area contributed by atoms with Crippen LogP contribution in [0.2, 0.25) is 0 Å². The highest BCUT2D eigenvalue weighted by molar-refractivity contribution is 7.80. The van der Waals surface area contributed by atoms with Crippen molar-refractivity contribution in [3.05, 3.63) is 29.6 Å². The summed E-state index contributed by atoms with van der Waals surface area (Å²) >= 11 is 5.10. The van der Waals surface area contributed by atoms with E-state index in [9.17, 15) is 4.39 Å². The molecule has 0 aliphatic carbocycles. The van der Waals surface area contributed by atoms with Crippen molar-refractivity contribution in [3.63, 3.8) is 0 Å². The Labute approximate surface area is 98.0 Å². The van der Waals surface area contributed by atoms with Gasteiger partial charge in [-0.25, -0.2) is 4.39 Å². The molecule has 2 atom stereocenters. The molecular formula is C11H11FN2OS. The van der Waals surface area contributed by atoms with Crippen molar-refractivity contribution in [2.24, 2.45) is 0 Å². The van der Waals surface area contributed by atoms with Crippen LogP contribution in [0.3, 0.4) is 0 Å². The Bertz CT molecular complexity index is 479. The quantitative estimate of drug-likeness (QED) is 0.676. The first-order chi connectivity index (χ1) is 7.56. The van der Waals surface area contributed by atoms with Crippen LogP contribution >= 0.6 is 12.2 Å². The molecule has 1 aromatic rings. The van der Waals surface area contributed by atoms with E-state index in [4.69, 9.17) is 17.0 Å². The van der Waals surface area contributed by atoms with Gasteiger partial charge in [-0.2, -0.15) is 0 Å². The molecule has 2 bridgehead atoms. The normalized spacial score (nSPS) is 30.9. The fourth-order valence-corrected chi connectivity index (χ4v) is 2.67. The molecule has 2 unspecified atom stereocenters. The summed E-state index contributed by atoms with van der Waals surface area (Å²) in [4.78, 5) is 0. The maximum Gasteiger partial charge on any atom is 0.181 e. The summed E-state index contributed by atoms with van der Waals surface area (Å²) in [7, 11) is 0. The van der Waals surface area contributed by atoms with Gasteiger partial charge in [-0.15, -0.1) is 0 Å². The highest BCUT2D eigenvalue weighted by Crippen LogP contribution is 2.40. The van der Waals surface area contributed by atoms with E-state index in [0.29, 0.717) is 10.9 Å². The summed E-state index contributed by atoms with van der Waals surface area (Å²) in [5, 5.41) is 6.76. The number of rotatable bonds is 0. The van der Waals surface area contributed by atoms with Crippen LogP contribution in [0.1, 0.15) is 24.9 Å². The lowest BCUT2D eigenvalue weighted by molar-refractivity contribution is 0.0249. The van der Waals surface area contributed by atoms with Crippen LogP contribution in [0, 0.1) is 5.82 Å². The van der Waals surface area contributed by atoms with Gasteiger partial charge in [0.25, 0.3) is 0 Å². The summed E-state index contributed by atoms with van der Waals surface area (Å²) in [6, 6.07) is 4.59. The Morgan fingerprint density at radius 2 is 2.38 bits per heavy atom. The topological polar surface area (TPSA) is 33.3 Å². The molecule has 0 radical (unpaired) electrons. The molecular weight excluding hydrogens is 227 g/mol. The second kappa shape index (κ2) is 3.07. The van der Waals surface area contributed by atoms with E-state index in [0.717, 1.165) is 12.0 Å². The second-order valence-corrected chi connectivity index (χ2v) is 4.78. The number of nitrogens with one attached hydrogen (secondary N) is 2. The largest absolute Gasteiger partial charge is 0.468 e. The highest BCUT2D eigenvalue weighted by Gasteiger charge is 2.41. The SMILES string of the molecule is CC12CC(NC(=S)N1)c1cc(F)ccc1O2. The lowest BCUT2D eigenvalue weighted by atomic mass is 9.92. The van der Waals surface area contributed by atoms with Crippen LogP contribution in [-0.4, -0.2) is 10.8 Å². The number of halogens is 1. The minimum Gasteiger partial charge on any atom is -0.468 e. The smallest absolute Gasteiger partial charge is 0.181 e. The lowest BCUT2D eigenvalue weighted by Crippen LogP contribution is -2.62. The standard InChI is InChI=1S/C11H11FN2OS/c1-11-5-8(13-10(16)14-11)7-4-6(12)2-3-9(7)15-11/h2-4,8H,5H2,1H3,(H2,13,14,16). The number of benzene rings is 1. The summed E-state index contributed by atoms with van der Waals surface area (Å²) in [5.74, 6) is 0.458. The van der Waals surface area contributed by atoms with Crippen LogP contribution in [0.5, 0.6) is 5.75 Å². The Balaban J connectivity index is 2.10. The van der Waals surface area contributed by atoms with Gasteiger partial charge in [0, 0.05) is 12.0 Å². The molecule has 0 amide bonds. The lowest BCUT2D eigenvalue weighted by Gasteiger charge is -2.45. The minimum atomic E-state index is -0.488. The summed E-state index contributed by atoms with van der Waals surface area (Å²) in [6.45, 7) is 1.94. The van der Waals surface area contributed by atoms with Crippen molar-refractivity contribution in [3.8, 4) is 5.75 Å². The first-order valence-corrected chi connectivity index (χ1v) is 5.54. The fraction of sp³-hybridized carbons (Fsp3) is 0.364. The van der Waals surface area contributed by atoms with E-state index < -0.39 is 5.72 Å². The minimum absolute atomic E-state index is 0.0261. The molecule has 3 nitrogen and oxygen atoms in total. The van der Waals surface area contributed by atoms with Crippen LogP contribution in [-0.2, 0) is 0 Å². The molecule has 16 heavy (non-hydrogen) atoms. The average molecular weight is 238 g/mol. The van der Waals surface area contributed by atoms with Crippen LogP contribution in [0.25, 0.3) is 0 Å². The fourth-order valence-electron chi connectivity index (χ4n) is 2.31. The molecule has 3 rings (SSSR count). The Kier molecular flexibility index (Phi) is 1.89. The molecule has 0 aromatic heterocycles. The second-order valence-electron chi connectivity index (χ2n) is 4.37. The third-order valence-electron chi connectivity index (χ3n) is 2.96. The van der Waals surface area contributed by atoms with E-state index >= 15 is 0 Å². The van der Waals surface area contributed by atoms with Crippen LogP contribution < -0.4 is 15.4 Å². The van der Waals surface area contributed by atoms with Crippen molar-refractivity contribution < 1.29 is 9.13 Å². The number of fused-ring (bicyclic) bond motifs is 4. The predicted octanol–water partition coefficient (Wildman–Crippen LogP) is 1.84. The van der Waals surface area contributed by atoms with E-state index in [-0.39, 0.29) is 11.9 Å². The van der Waals surface area contributed by atoms with Crippen molar-refractivity contribution in [2.75, 3.05) is 0 Å². The van der Waals surface area contributed by atoms with Gasteiger partial charge in [-0.1, -0.05) is 0 Å². The van der Waals surface area contributed by atoms with Crippen molar-refractivity contribution in [1.29, 1.82) is 0 Å². The third-order valence-corrected chi connectivity index (χ3v) is 3.18. The van der Waals surface area contributed by atoms with Gasteiger partial charge in [-0.05, 0) is 37.3 Å². The zero-order valence-corrected chi connectivity index (χ0v) is 9.53. The maximum absolute atomic E-state index is 13.2. The highest BCUT2D eigenvalue weighted by atomic mass is 32.1. The monoisotopic (exact) mass is 238 g/mol. The van der Waals surface area contributed by atoms with Gasteiger partial charge < -0.3 is 15.4 Å². The molecule has 5 heteroatoms. The molecule has 0 spiro atoms. The zero-order valence-electron chi connectivity index (χ0n) is 8.71. The molecule has 2 heterocycles. The summed E-state index contributed by atoms with van der Waals surface area (Å²) in [5.41, 5.74) is 0.346. The Morgan fingerprint density at radius 3 is 3.19 bits per heavy atom. The van der Waals surface area contributed by atoms with Gasteiger partial charge in [0.2, 0.25) is 0 Å². The molecule has 2 N–H and O–H groups in total. The van der Waals surface area contributed by atoms with Gasteiger partial charge in [0.15, 0.2) is 10.8 Å². The molecule has 84 valence electrons. The van der Waals surface area contributed by atoms with Gasteiger partial charge in [0.05, 0.1) is 6.04 Å². The predicted molar refractivity (Wildman–Crippen MR) is 61.7 cm³/mol. The summed E-state index contributed by atoms with van der Waals surface area (Å²) < 4.78 is 19.0. The van der Waals surface area contributed by atoms with Crippen LogP contribution in [0.4, 0.5) is 4.39 Å².